The van der Waals surface area contributed by atoms with Gasteiger partial charge < -0.3 is 9.47 Å². The molecule has 0 aromatic heterocycles. The van der Waals surface area contributed by atoms with E-state index in [-0.39, 0.29) is 0 Å². The van der Waals surface area contributed by atoms with Crippen LogP contribution >= 0.6 is 0 Å². The van der Waals surface area contributed by atoms with Crippen molar-refractivity contribution in [1.82, 2.24) is 0 Å². The van der Waals surface area contributed by atoms with Crippen molar-refractivity contribution in [3.63, 3.8) is 0 Å². The highest BCUT2D eigenvalue weighted by Crippen LogP contribution is 2.61. The third-order valence-corrected chi connectivity index (χ3v) is 6.70. The van der Waals surface area contributed by atoms with Crippen LogP contribution in [0.1, 0.15) is 57.4 Å². The van der Waals surface area contributed by atoms with Crippen LogP contribution in [-0.2, 0) is 0 Å². The van der Waals surface area contributed by atoms with Gasteiger partial charge >= 0.3 is 0 Å². The first-order valence-corrected chi connectivity index (χ1v) is 9.59. The molecule has 0 atom stereocenters. The smallest absolute Gasteiger partial charge is 0.161 e. The summed E-state index contributed by atoms with van der Waals surface area (Å²) in [6.45, 7) is 2.28. The summed E-state index contributed by atoms with van der Waals surface area (Å²) in [5, 5.41) is 0. The minimum absolute atomic E-state index is 0.479. The summed E-state index contributed by atoms with van der Waals surface area (Å²) < 4.78 is 10.9. The Morgan fingerprint density at radius 2 is 1.58 bits per heavy atom. The van der Waals surface area contributed by atoms with Gasteiger partial charge in [0.15, 0.2) is 11.5 Å². The largest absolute Gasteiger partial charge is 0.493 e. The van der Waals surface area contributed by atoms with Crippen molar-refractivity contribution in [3.05, 3.63) is 29.8 Å². The van der Waals surface area contributed by atoms with Crippen molar-refractivity contribution in [2.45, 2.75) is 51.9 Å². The Morgan fingerprint density at radius 3 is 2.08 bits per heavy atom. The Hall–Kier alpha value is -1.44. The molecule has 0 heterocycles. The van der Waals surface area contributed by atoms with Gasteiger partial charge in [0, 0.05) is 0 Å². The van der Waals surface area contributed by atoms with E-state index in [1.165, 1.54) is 49.7 Å². The normalized spacial score (nSPS) is 34.5. The Balaban J connectivity index is 1.67. The van der Waals surface area contributed by atoms with Crippen LogP contribution in [0.25, 0.3) is 5.57 Å². The summed E-state index contributed by atoms with van der Waals surface area (Å²) in [5.41, 5.74) is 3.26. The Labute approximate surface area is 146 Å². The van der Waals surface area contributed by atoms with Crippen molar-refractivity contribution >= 4 is 5.57 Å². The fourth-order valence-electron chi connectivity index (χ4n) is 6.15. The van der Waals surface area contributed by atoms with Crippen molar-refractivity contribution in [2.75, 3.05) is 14.2 Å². The molecule has 0 radical (unpaired) electrons. The average Bonchev–Trinajstić information content (AvgIpc) is 2.58. The van der Waals surface area contributed by atoms with Gasteiger partial charge in [-0.2, -0.15) is 0 Å². The topological polar surface area (TPSA) is 18.5 Å². The van der Waals surface area contributed by atoms with E-state index in [1.807, 2.05) is 6.07 Å². The molecular weight excluding hydrogens is 296 g/mol. The van der Waals surface area contributed by atoms with Gasteiger partial charge in [-0.15, -0.1) is 0 Å². The molecule has 24 heavy (non-hydrogen) atoms. The number of rotatable bonds is 5. The van der Waals surface area contributed by atoms with E-state index in [0.29, 0.717) is 5.41 Å². The number of hydrogen-bond acceptors (Lipinski definition) is 2. The first kappa shape index (κ1) is 16.1. The van der Waals surface area contributed by atoms with E-state index in [2.05, 4.69) is 25.1 Å². The fraction of sp³-hybridized carbons (Fsp3) is 0.636. The predicted molar refractivity (Wildman–Crippen MR) is 98.4 cm³/mol. The second-order valence-corrected chi connectivity index (χ2v) is 8.37. The van der Waals surface area contributed by atoms with Gasteiger partial charge in [-0.25, -0.2) is 0 Å². The fourth-order valence-corrected chi connectivity index (χ4v) is 6.15. The van der Waals surface area contributed by atoms with Crippen LogP contribution in [0, 0.1) is 23.2 Å². The molecule has 4 bridgehead atoms. The molecule has 4 aliphatic carbocycles. The number of allylic oxidation sites excluding steroid dienone is 2. The quantitative estimate of drug-likeness (QED) is 0.689. The van der Waals surface area contributed by atoms with Gasteiger partial charge in [0.25, 0.3) is 0 Å². The number of benzene rings is 1. The summed E-state index contributed by atoms with van der Waals surface area (Å²) in [6, 6.07) is 6.38. The molecule has 0 N–H and O–H groups in total. The van der Waals surface area contributed by atoms with E-state index >= 15 is 0 Å². The van der Waals surface area contributed by atoms with Gasteiger partial charge in [-0.1, -0.05) is 19.1 Å². The van der Waals surface area contributed by atoms with Crippen LogP contribution in [-0.4, -0.2) is 14.2 Å². The number of methoxy groups -OCH3 is 2. The van der Waals surface area contributed by atoms with Crippen LogP contribution in [0.4, 0.5) is 0 Å². The van der Waals surface area contributed by atoms with E-state index < -0.39 is 0 Å². The molecule has 0 unspecified atom stereocenters. The Kier molecular flexibility index (Phi) is 4.10. The third-order valence-electron chi connectivity index (χ3n) is 6.70. The molecule has 1 aromatic carbocycles. The zero-order valence-corrected chi connectivity index (χ0v) is 15.3. The van der Waals surface area contributed by atoms with Gasteiger partial charge in [0.2, 0.25) is 0 Å². The summed E-state index contributed by atoms with van der Waals surface area (Å²) in [5.74, 6) is 4.63. The van der Waals surface area contributed by atoms with Crippen LogP contribution in [0.2, 0.25) is 0 Å². The molecule has 4 saturated carbocycles. The Bertz CT molecular complexity index is 608. The molecular formula is C22H30O2. The molecule has 4 fully saturated rings. The van der Waals surface area contributed by atoms with E-state index in [9.17, 15) is 0 Å². The number of ether oxygens (including phenoxy) is 2. The standard InChI is InChI=1S/C22H30O2/c1-4-18(19-5-6-20(23-2)21(10-19)24-3)14-22-11-15-7-16(12-22)9-17(8-15)13-22/h5-6,10,14-17H,4,7-9,11-13H2,1-3H3/b18-14+. The van der Waals surface area contributed by atoms with E-state index in [0.717, 1.165) is 35.7 Å². The van der Waals surface area contributed by atoms with Crippen LogP contribution in [0.3, 0.4) is 0 Å². The SMILES string of the molecule is CC/C(=C\C12CC3CC(CC(C3)C1)C2)c1ccc(OC)c(OC)c1. The van der Waals surface area contributed by atoms with Gasteiger partial charge in [-0.05, 0) is 91.4 Å². The molecule has 5 rings (SSSR count). The predicted octanol–water partition coefficient (Wildman–Crippen LogP) is 5.71. The first-order chi connectivity index (χ1) is 11.6. The molecule has 0 amide bonds. The minimum Gasteiger partial charge on any atom is -0.493 e. The zero-order valence-electron chi connectivity index (χ0n) is 15.3. The lowest BCUT2D eigenvalue weighted by Crippen LogP contribution is -2.45. The van der Waals surface area contributed by atoms with Crippen molar-refractivity contribution < 1.29 is 9.47 Å². The lowest BCUT2D eigenvalue weighted by molar-refractivity contribution is -0.0235. The minimum atomic E-state index is 0.479. The second-order valence-electron chi connectivity index (χ2n) is 8.37. The zero-order chi connectivity index (χ0) is 16.7. The molecule has 1 aromatic rings. The Morgan fingerprint density at radius 1 is 1.00 bits per heavy atom. The maximum absolute atomic E-state index is 5.51. The summed E-state index contributed by atoms with van der Waals surface area (Å²) >= 11 is 0. The first-order valence-electron chi connectivity index (χ1n) is 9.59. The third kappa shape index (κ3) is 2.74. The van der Waals surface area contributed by atoms with E-state index in [1.54, 1.807) is 14.2 Å². The molecule has 2 heteroatoms. The molecule has 0 saturated heterocycles. The molecule has 2 nitrogen and oxygen atoms in total. The lowest BCUT2D eigenvalue weighted by Gasteiger charge is -2.56. The molecule has 0 spiro atoms. The van der Waals surface area contributed by atoms with Crippen LogP contribution in [0.5, 0.6) is 11.5 Å². The van der Waals surface area contributed by atoms with Crippen molar-refractivity contribution in [1.29, 1.82) is 0 Å². The maximum Gasteiger partial charge on any atom is 0.161 e. The van der Waals surface area contributed by atoms with Crippen LogP contribution in [0.15, 0.2) is 24.3 Å². The second kappa shape index (κ2) is 6.13. The van der Waals surface area contributed by atoms with Crippen molar-refractivity contribution in [3.8, 4) is 11.5 Å². The highest BCUT2D eigenvalue weighted by Gasteiger charge is 2.49. The maximum atomic E-state index is 5.51. The highest BCUT2D eigenvalue weighted by molar-refractivity contribution is 5.68. The highest BCUT2D eigenvalue weighted by atomic mass is 16.5. The van der Waals surface area contributed by atoms with Gasteiger partial charge in [0.1, 0.15) is 0 Å². The summed E-state index contributed by atoms with van der Waals surface area (Å²) in [6.07, 6.45) is 12.5. The number of hydrogen-bond donors (Lipinski definition) is 0. The summed E-state index contributed by atoms with van der Waals surface area (Å²) in [7, 11) is 3.42. The monoisotopic (exact) mass is 326 g/mol. The van der Waals surface area contributed by atoms with E-state index in [4.69, 9.17) is 9.47 Å². The van der Waals surface area contributed by atoms with Gasteiger partial charge in [-0.3, -0.25) is 0 Å². The van der Waals surface area contributed by atoms with Crippen LogP contribution < -0.4 is 9.47 Å². The van der Waals surface area contributed by atoms with Gasteiger partial charge in [0.05, 0.1) is 14.2 Å². The molecule has 130 valence electrons. The molecule has 4 aliphatic rings. The summed E-state index contributed by atoms with van der Waals surface area (Å²) in [4.78, 5) is 0. The van der Waals surface area contributed by atoms with Crippen molar-refractivity contribution in [2.24, 2.45) is 23.2 Å². The average molecular weight is 326 g/mol. The lowest BCUT2D eigenvalue weighted by atomic mass is 9.49. The molecule has 0 aliphatic heterocycles.